The highest BCUT2D eigenvalue weighted by atomic mass is 35.5. The second-order valence-corrected chi connectivity index (χ2v) is 10.4. The standard InChI is InChI=1S/C16H15Cl2N3Si/c1-22(12-21-11-19-10-20-21,15-6-2-13(17)3-7-15)16-8-4-14(18)5-9-16/h2-11H,12H2,1H3. The van der Waals surface area contributed by atoms with Gasteiger partial charge in [-0.25, -0.2) is 4.98 Å². The van der Waals surface area contributed by atoms with Crippen LogP contribution in [0.25, 0.3) is 0 Å². The van der Waals surface area contributed by atoms with Crippen LogP contribution in [0.1, 0.15) is 0 Å². The van der Waals surface area contributed by atoms with Gasteiger partial charge in [0.05, 0.1) is 0 Å². The van der Waals surface area contributed by atoms with E-state index in [0.717, 1.165) is 16.2 Å². The Morgan fingerprint density at radius 2 is 1.41 bits per heavy atom. The Balaban J connectivity index is 2.08. The summed E-state index contributed by atoms with van der Waals surface area (Å²) in [5, 5.41) is 8.37. The summed E-state index contributed by atoms with van der Waals surface area (Å²) in [4.78, 5) is 4.05. The van der Waals surface area contributed by atoms with Crippen LogP contribution < -0.4 is 10.4 Å². The molecular formula is C16H15Cl2N3Si. The van der Waals surface area contributed by atoms with Crippen LogP contribution in [-0.2, 0) is 6.17 Å². The number of aromatic nitrogens is 3. The molecule has 1 heterocycles. The van der Waals surface area contributed by atoms with Crippen molar-refractivity contribution in [2.75, 3.05) is 0 Å². The molecule has 0 bridgehead atoms. The molecule has 1 aromatic heterocycles. The fourth-order valence-corrected chi connectivity index (χ4v) is 6.19. The Morgan fingerprint density at radius 3 is 1.82 bits per heavy atom. The van der Waals surface area contributed by atoms with Crippen molar-refractivity contribution in [3.63, 3.8) is 0 Å². The summed E-state index contributed by atoms with van der Waals surface area (Å²) in [6.45, 7) is 2.32. The Morgan fingerprint density at radius 1 is 0.909 bits per heavy atom. The Labute approximate surface area is 140 Å². The van der Waals surface area contributed by atoms with Gasteiger partial charge >= 0.3 is 0 Å². The average Bonchev–Trinajstić information content (AvgIpc) is 3.01. The minimum atomic E-state index is -2.01. The van der Waals surface area contributed by atoms with Crippen molar-refractivity contribution in [2.24, 2.45) is 0 Å². The molecule has 0 spiro atoms. The molecule has 0 unspecified atom stereocenters. The zero-order chi connectivity index (χ0) is 15.6. The highest BCUT2D eigenvalue weighted by molar-refractivity contribution is 7.00. The minimum Gasteiger partial charge on any atom is -0.255 e. The SMILES string of the molecule is C[Si](Cn1cncn1)(c1ccc(Cl)cc1)c1ccc(Cl)cc1. The smallest absolute Gasteiger partial charge is 0.137 e. The number of benzene rings is 2. The summed E-state index contributed by atoms with van der Waals surface area (Å²) in [5.41, 5.74) is 0. The van der Waals surface area contributed by atoms with Crippen molar-refractivity contribution in [3.8, 4) is 0 Å². The van der Waals surface area contributed by atoms with E-state index in [2.05, 4.69) is 40.9 Å². The third-order valence-electron chi connectivity index (χ3n) is 3.91. The predicted octanol–water partition coefficient (Wildman–Crippen LogP) is 3.02. The molecule has 3 rings (SSSR count). The van der Waals surface area contributed by atoms with Crippen LogP contribution in [-0.4, -0.2) is 22.8 Å². The van der Waals surface area contributed by atoms with E-state index in [4.69, 9.17) is 23.2 Å². The van der Waals surface area contributed by atoms with E-state index in [-0.39, 0.29) is 0 Å². The Kier molecular flexibility index (Phi) is 4.34. The maximum atomic E-state index is 6.04. The zero-order valence-electron chi connectivity index (χ0n) is 12.1. The first-order valence-corrected chi connectivity index (χ1v) is 10.4. The molecule has 0 saturated heterocycles. The van der Waals surface area contributed by atoms with E-state index < -0.39 is 8.07 Å². The first-order chi connectivity index (χ1) is 10.6. The fourth-order valence-electron chi connectivity index (χ4n) is 2.62. The van der Waals surface area contributed by atoms with Gasteiger partial charge < -0.3 is 0 Å². The number of nitrogens with zero attached hydrogens (tertiary/aromatic N) is 3. The van der Waals surface area contributed by atoms with Crippen molar-refractivity contribution in [1.82, 2.24) is 14.8 Å². The van der Waals surface area contributed by atoms with Crippen molar-refractivity contribution >= 4 is 41.6 Å². The summed E-state index contributed by atoms with van der Waals surface area (Å²) < 4.78 is 1.90. The van der Waals surface area contributed by atoms with E-state index in [1.807, 2.05) is 28.9 Å². The van der Waals surface area contributed by atoms with Crippen LogP contribution in [0.3, 0.4) is 0 Å². The van der Waals surface area contributed by atoms with Gasteiger partial charge in [0.2, 0.25) is 0 Å². The van der Waals surface area contributed by atoms with Crippen LogP contribution in [0.2, 0.25) is 16.6 Å². The molecule has 0 aliphatic heterocycles. The van der Waals surface area contributed by atoms with Crippen molar-refractivity contribution < 1.29 is 0 Å². The lowest BCUT2D eigenvalue weighted by Crippen LogP contribution is -2.59. The quantitative estimate of drug-likeness (QED) is 0.679. The highest BCUT2D eigenvalue weighted by Gasteiger charge is 2.32. The lowest BCUT2D eigenvalue weighted by atomic mass is 10.4. The van der Waals surface area contributed by atoms with E-state index in [9.17, 15) is 0 Å². The molecule has 3 aromatic rings. The summed E-state index contributed by atoms with van der Waals surface area (Å²) in [6.07, 6.45) is 4.14. The summed E-state index contributed by atoms with van der Waals surface area (Å²) in [5.74, 6) is 0. The molecule has 0 fully saturated rings. The topological polar surface area (TPSA) is 30.7 Å². The van der Waals surface area contributed by atoms with Crippen molar-refractivity contribution in [2.45, 2.75) is 12.7 Å². The van der Waals surface area contributed by atoms with Gasteiger partial charge in [0.1, 0.15) is 20.7 Å². The molecule has 0 amide bonds. The number of hydrogen-bond acceptors (Lipinski definition) is 2. The molecular weight excluding hydrogens is 333 g/mol. The van der Waals surface area contributed by atoms with Crippen LogP contribution >= 0.6 is 23.2 Å². The third kappa shape index (κ3) is 3.09. The lowest BCUT2D eigenvalue weighted by molar-refractivity contribution is 0.727. The molecule has 0 radical (unpaired) electrons. The van der Waals surface area contributed by atoms with Gasteiger partial charge in [-0.05, 0) is 24.3 Å². The fraction of sp³-hybridized carbons (Fsp3) is 0.125. The number of rotatable bonds is 4. The van der Waals surface area contributed by atoms with Gasteiger partial charge in [-0.1, -0.05) is 64.4 Å². The molecule has 6 heteroatoms. The molecule has 22 heavy (non-hydrogen) atoms. The van der Waals surface area contributed by atoms with Crippen LogP contribution in [0.5, 0.6) is 0 Å². The second-order valence-electron chi connectivity index (χ2n) is 5.44. The van der Waals surface area contributed by atoms with Crippen LogP contribution in [0.15, 0.2) is 61.2 Å². The monoisotopic (exact) mass is 347 g/mol. The number of halogens is 2. The summed E-state index contributed by atoms with van der Waals surface area (Å²) in [6, 6.07) is 16.2. The Hall–Kier alpha value is -1.62. The zero-order valence-corrected chi connectivity index (χ0v) is 14.6. The molecule has 2 aromatic carbocycles. The summed E-state index contributed by atoms with van der Waals surface area (Å²) in [7, 11) is -2.01. The van der Waals surface area contributed by atoms with Crippen molar-refractivity contribution in [3.05, 3.63) is 71.2 Å². The van der Waals surface area contributed by atoms with E-state index in [1.165, 1.54) is 10.4 Å². The first kappa shape index (κ1) is 15.3. The van der Waals surface area contributed by atoms with Crippen molar-refractivity contribution in [1.29, 1.82) is 0 Å². The van der Waals surface area contributed by atoms with E-state index >= 15 is 0 Å². The van der Waals surface area contributed by atoms with Gasteiger partial charge in [0.25, 0.3) is 0 Å². The molecule has 0 aliphatic rings. The molecule has 0 saturated carbocycles. The second kappa shape index (κ2) is 6.24. The van der Waals surface area contributed by atoms with Gasteiger partial charge in [0, 0.05) is 16.2 Å². The van der Waals surface area contributed by atoms with Gasteiger partial charge in [0.15, 0.2) is 0 Å². The highest BCUT2D eigenvalue weighted by Crippen LogP contribution is 2.13. The molecule has 0 N–H and O–H groups in total. The third-order valence-corrected chi connectivity index (χ3v) is 8.58. The Bertz CT molecular complexity index is 695. The predicted molar refractivity (Wildman–Crippen MR) is 93.8 cm³/mol. The maximum Gasteiger partial charge on any atom is 0.137 e. The molecule has 0 aliphatic carbocycles. The normalized spacial score (nSPS) is 11.6. The summed E-state index contributed by atoms with van der Waals surface area (Å²) >= 11 is 12.1. The van der Waals surface area contributed by atoms with E-state index in [0.29, 0.717) is 0 Å². The first-order valence-electron chi connectivity index (χ1n) is 6.92. The van der Waals surface area contributed by atoms with Gasteiger partial charge in [-0.3, -0.25) is 4.68 Å². The molecule has 0 atom stereocenters. The van der Waals surface area contributed by atoms with Gasteiger partial charge in [-0.2, -0.15) is 5.10 Å². The molecule has 112 valence electrons. The molecule has 3 nitrogen and oxygen atoms in total. The average molecular weight is 348 g/mol. The van der Waals surface area contributed by atoms with Crippen LogP contribution in [0.4, 0.5) is 0 Å². The van der Waals surface area contributed by atoms with Crippen LogP contribution in [0, 0.1) is 0 Å². The largest absolute Gasteiger partial charge is 0.255 e. The van der Waals surface area contributed by atoms with E-state index in [1.54, 1.807) is 12.7 Å². The number of hydrogen-bond donors (Lipinski definition) is 0. The lowest BCUT2D eigenvalue weighted by Gasteiger charge is -2.28. The van der Waals surface area contributed by atoms with Gasteiger partial charge in [-0.15, -0.1) is 0 Å². The maximum absolute atomic E-state index is 6.04. The minimum absolute atomic E-state index is 0.747.